The Bertz CT molecular complexity index is 2250. The number of aliphatic hydroxyl groups is 2. The quantitative estimate of drug-likeness (QED) is 0.0333. The minimum absolute atomic E-state index is 0.0210. The summed E-state index contributed by atoms with van der Waals surface area (Å²) in [6, 6.07) is 20.3. The lowest BCUT2D eigenvalue weighted by molar-refractivity contribution is -0.256. The molecule has 3 aromatic rings. The molecule has 0 radical (unpaired) electrons. The van der Waals surface area contributed by atoms with E-state index in [0.29, 0.717) is 55.1 Å². The molecule has 2 heterocycles. The van der Waals surface area contributed by atoms with Crippen LogP contribution in [0.3, 0.4) is 0 Å². The highest BCUT2D eigenvalue weighted by Crippen LogP contribution is 2.62. The molecule has 2 amide bonds. The number of fused-ring (bicyclic) bond motifs is 2. The molecule has 1 unspecified atom stereocenters. The van der Waals surface area contributed by atoms with Crippen molar-refractivity contribution < 1.29 is 52.7 Å². The molecule has 74 heavy (non-hydrogen) atoms. The highest BCUT2D eigenvalue weighted by atomic mass is 19.1. The highest BCUT2D eigenvalue weighted by molar-refractivity contribution is 6.03. The maximum absolute atomic E-state index is 15.1. The number of allylic oxidation sites excluding steroid dienone is 1. The Balaban J connectivity index is 1.31. The average Bonchev–Trinajstić information content (AvgIpc) is 3.42. The third kappa shape index (κ3) is 15.4. The van der Waals surface area contributed by atoms with Crippen molar-refractivity contribution in [1.29, 1.82) is 0 Å². The Morgan fingerprint density at radius 2 is 1.61 bits per heavy atom. The number of unbranched alkanes of at least 4 members (excludes halogenated alkanes) is 11. The fourth-order valence-electron chi connectivity index (χ4n) is 11.5. The van der Waals surface area contributed by atoms with Crippen LogP contribution in [0.5, 0.6) is 11.5 Å². The van der Waals surface area contributed by atoms with Crippen molar-refractivity contribution in [3.8, 4) is 11.5 Å². The summed E-state index contributed by atoms with van der Waals surface area (Å²) in [5.74, 6) is -2.21. The number of carbonyl (C=O) groups excluding carboxylic acids is 2. The summed E-state index contributed by atoms with van der Waals surface area (Å²) in [7, 11) is 0. The van der Waals surface area contributed by atoms with Crippen LogP contribution in [0.4, 0.5) is 14.0 Å². The lowest BCUT2D eigenvalue weighted by Gasteiger charge is -2.59. The Morgan fingerprint density at radius 3 is 2.31 bits per heavy atom. The highest BCUT2D eigenvalue weighted by Gasteiger charge is 2.66. The second-order valence-electron chi connectivity index (χ2n) is 20.5. The van der Waals surface area contributed by atoms with Crippen LogP contribution >= 0.6 is 0 Å². The summed E-state index contributed by atoms with van der Waals surface area (Å²) in [4.78, 5) is 36.5. The monoisotopic (exact) mass is 1020 g/mol. The van der Waals surface area contributed by atoms with E-state index in [0.717, 1.165) is 74.5 Å². The molecule has 3 aromatic carbocycles. The number of amides is 2. The zero-order valence-electron chi connectivity index (χ0n) is 43.8. The molecular weight excluding hydrogens is 942 g/mol. The maximum atomic E-state index is 15.1. The van der Waals surface area contributed by atoms with Crippen molar-refractivity contribution in [3.63, 3.8) is 0 Å². The van der Waals surface area contributed by atoms with Gasteiger partial charge in [-0.25, -0.2) is 14.0 Å². The first-order chi connectivity index (χ1) is 36.3. The van der Waals surface area contributed by atoms with Gasteiger partial charge in [-0.2, -0.15) is 0 Å². The number of rotatable bonds is 30. The van der Waals surface area contributed by atoms with Crippen molar-refractivity contribution in [2.75, 3.05) is 33.0 Å². The summed E-state index contributed by atoms with van der Waals surface area (Å²) in [5.41, 5.74) is 3.89. The van der Waals surface area contributed by atoms with Crippen LogP contribution in [0.1, 0.15) is 158 Å². The van der Waals surface area contributed by atoms with Gasteiger partial charge in [0.2, 0.25) is 12.1 Å². The van der Waals surface area contributed by atoms with E-state index in [-0.39, 0.29) is 63.7 Å². The van der Waals surface area contributed by atoms with Gasteiger partial charge in [0, 0.05) is 50.6 Å². The molecule has 13 nitrogen and oxygen atoms in total. The lowest BCUT2D eigenvalue weighted by Crippen LogP contribution is -2.70. The molecule has 1 saturated carbocycles. The molecule has 0 aromatic heterocycles. The number of halogens is 1. The topological polar surface area (TPSA) is 158 Å². The first kappa shape index (κ1) is 56.4. The van der Waals surface area contributed by atoms with Gasteiger partial charge in [-0.3, -0.25) is 4.90 Å². The zero-order chi connectivity index (χ0) is 52.0. The van der Waals surface area contributed by atoms with Crippen LogP contribution in [-0.2, 0) is 32.1 Å². The third-order valence-corrected chi connectivity index (χ3v) is 15.2. The number of nitrogens with zero attached hydrogens (tertiary/aromatic N) is 2. The van der Waals surface area contributed by atoms with E-state index in [2.05, 4.69) is 24.9 Å². The number of aliphatic hydroxyl groups excluding tert-OH is 2. The van der Waals surface area contributed by atoms with Crippen molar-refractivity contribution in [2.45, 2.75) is 172 Å². The fraction of sp³-hybridized carbons (Fsp3) is 0.583. The van der Waals surface area contributed by atoms with Crippen LogP contribution in [0, 0.1) is 23.6 Å². The van der Waals surface area contributed by atoms with Crippen LogP contribution < -0.4 is 14.8 Å². The average molecular weight is 1020 g/mol. The van der Waals surface area contributed by atoms with E-state index >= 15 is 4.79 Å². The first-order valence-corrected chi connectivity index (χ1v) is 27.8. The van der Waals surface area contributed by atoms with E-state index in [1.807, 2.05) is 42.5 Å². The minimum atomic E-state index is -1.57. The normalized spacial score (nSPS) is 23.4. The number of hydrogen-bond donors (Lipinski definition) is 3. The first-order valence-electron chi connectivity index (χ1n) is 27.8. The number of nitrogens with one attached hydrogen (secondary N) is 1. The minimum Gasteiger partial charge on any atom is -0.459 e. The van der Waals surface area contributed by atoms with Crippen molar-refractivity contribution >= 4 is 17.9 Å². The molecule has 7 atom stereocenters. The van der Waals surface area contributed by atoms with E-state index in [1.165, 1.54) is 50.7 Å². The molecule has 7 rings (SSSR count). The SMILES string of the molecule is C=CCO[C@@]12Oc3ccc(OC(=O)NCc4ccccc4)cc3[C@H]3[C@H](CCCCO)[C@@H](CCCCO)C=C(C(=NOC4CCCCO4)C[C@@H]1N(Cc1ccc(F)cc1)C(=O)OCCCCCCCCCCCC)[C@H]32. The Morgan fingerprint density at radius 1 is 0.878 bits per heavy atom. The van der Waals surface area contributed by atoms with Crippen molar-refractivity contribution in [1.82, 2.24) is 10.2 Å². The molecule has 2 aliphatic heterocycles. The number of carbonyl (C=O) groups is 2. The van der Waals surface area contributed by atoms with Crippen molar-refractivity contribution in [3.05, 3.63) is 120 Å². The predicted molar refractivity (Wildman–Crippen MR) is 284 cm³/mol. The molecule has 4 aliphatic rings. The van der Waals surface area contributed by atoms with Crippen LogP contribution in [0.2, 0.25) is 0 Å². The van der Waals surface area contributed by atoms with Crippen LogP contribution in [-0.4, -0.2) is 84.2 Å². The van der Waals surface area contributed by atoms with Gasteiger partial charge >= 0.3 is 12.2 Å². The largest absolute Gasteiger partial charge is 0.459 e. The second kappa shape index (κ2) is 29.7. The summed E-state index contributed by atoms with van der Waals surface area (Å²) >= 11 is 0. The number of oxime groups is 1. The van der Waals surface area contributed by atoms with E-state index in [4.69, 9.17) is 33.7 Å². The third-order valence-electron chi connectivity index (χ3n) is 15.2. The molecule has 0 bridgehead atoms. The van der Waals surface area contributed by atoms with Gasteiger partial charge in [-0.1, -0.05) is 137 Å². The maximum Gasteiger partial charge on any atom is 0.412 e. The molecule has 2 aliphatic carbocycles. The predicted octanol–water partition coefficient (Wildman–Crippen LogP) is 12.8. The van der Waals surface area contributed by atoms with Gasteiger partial charge in [0.25, 0.3) is 0 Å². The number of hydrogen-bond acceptors (Lipinski definition) is 11. The van der Waals surface area contributed by atoms with Gasteiger partial charge in [0.05, 0.1) is 31.5 Å². The fourth-order valence-corrected chi connectivity index (χ4v) is 11.5. The molecule has 14 heteroatoms. The molecule has 0 spiro atoms. The van der Waals surface area contributed by atoms with E-state index in [1.54, 1.807) is 29.2 Å². The zero-order valence-corrected chi connectivity index (χ0v) is 43.8. The van der Waals surface area contributed by atoms with Crippen LogP contribution in [0.25, 0.3) is 0 Å². The number of ether oxygens (including phenoxy) is 5. The number of benzene rings is 3. The van der Waals surface area contributed by atoms with Crippen LogP contribution in [0.15, 0.2) is 102 Å². The van der Waals surface area contributed by atoms with Crippen molar-refractivity contribution in [2.24, 2.45) is 22.9 Å². The summed E-state index contributed by atoms with van der Waals surface area (Å²) in [5, 5.41) is 28.0. The molecule has 404 valence electrons. The second-order valence-corrected chi connectivity index (χ2v) is 20.5. The Labute approximate surface area is 438 Å². The smallest absolute Gasteiger partial charge is 0.412 e. The Kier molecular flexibility index (Phi) is 22.7. The summed E-state index contributed by atoms with van der Waals surface area (Å²) < 4.78 is 47.4. The van der Waals surface area contributed by atoms with E-state index in [9.17, 15) is 19.4 Å². The van der Waals surface area contributed by atoms with E-state index < -0.39 is 42.0 Å². The van der Waals surface area contributed by atoms with Gasteiger partial charge in [-0.05, 0) is 104 Å². The van der Waals surface area contributed by atoms with Gasteiger partial charge in [-0.15, -0.1) is 6.58 Å². The lowest BCUT2D eigenvalue weighted by atomic mass is 9.55. The summed E-state index contributed by atoms with van der Waals surface area (Å²) in [6.45, 7) is 7.57. The molecule has 1 saturated heterocycles. The molecule has 3 N–H and O–H groups in total. The van der Waals surface area contributed by atoms with Gasteiger partial charge < -0.3 is 44.1 Å². The molecule has 2 fully saturated rings. The standard InChI is InChI=1S/C60H82FN3O10/c1-3-5-6-7-8-9-10-11-12-21-38-70-59(68)64(43-45-28-30-47(61)31-29-45)54-41-52(63-74-55-27-18-22-37-69-55)50-39-46(25-16-19-34-65)49(26-17-20-35-66)56-51-40-48(72-58(67)62-42-44-23-14-13-15-24-44)32-33-53(51)73-60(54,57(50)56)71-36-4-2/h4,13-15,23-24,28-33,39-40,46,49,54-57,65-66H,2-3,5-12,16-22,25-27,34-38,41-43H2,1H3,(H,62,67)/t46-,49+,54-,55?,56+,57+,60+/m0/s1. The summed E-state index contributed by atoms with van der Waals surface area (Å²) in [6.07, 6.45) is 20.5. The van der Waals surface area contributed by atoms with Gasteiger partial charge in [0.1, 0.15) is 23.4 Å². The van der Waals surface area contributed by atoms with Gasteiger partial charge in [0.15, 0.2) is 0 Å². The molecular formula is C60H82FN3O10. The Hall–Kier alpha value is -5.28.